The van der Waals surface area contributed by atoms with Crippen LogP contribution in [-0.2, 0) is 4.79 Å². The van der Waals surface area contributed by atoms with Crippen LogP contribution in [0.5, 0.6) is 0 Å². The number of aliphatic carboxylic acids is 1. The van der Waals surface area contributed by atoms with Crippen molar-refractivity contribution in [2.24, 2.45) is 5.73 Å². The van der Waals surface area contributed by atoms with Gasteiger partial charge >= 0.3 is 5.97 Å². The predicted molar refractivity (Wildman–Crippen MR) is 57.7 cm³/mol. The molecule has 0 bridgehead atoms. The standard InChI is InChI=1S/C9H12ClNO2S/c10-8-5-4-7(14-8)6(11)2-1-3-9(12)13/h4-6H,1-3,11H2,(H,12,13). The van der Waals surface area contributed by atoms with Gasteiger partial charge in [-0.2, -0.15) is 0 Å². The minimum Gasteiger partial charge on any atom is -0.481 e. The van der Waals surface area contributed by atoms with Crippen LogP contribution in [0, 0.1) is 0 Å². The van der Waals surface area contributed by atoms with Crippen molar-refractivity contribution < 1.29 is 9.90 Å². The third-order valence-corrected chi connectivity index (χ3v) is 3.23. The van der Waals surface area contributed by atoms with Gasteiger partial charge in [0.15, 0.2) is 0 Å². The van der Waals surface area contributed by atoms with Gasteiger partial charge in [0.1, 0.15) is 0 Å². The van der Waals surface area contributed by atoms with E-state index in [4.69, 9.17) is 22.4 Å². The van der Waals surface area contributed by atoms with Gasteiger partial charge in [-0.3, -0.25) is 4.79 Å². The Labute approximate surface area is 91.5 Å². The van der Waals surface area contributed by atoms with Crippen LogP contribution in [0.15, 0.2) is 12.1 Å². The molecule has 0 aliphatic rings. The number of hydrogen-bond donors (Lipinski definition) is 2. The highest BCUT2D eigenvalue weighted by Crippen LogP contribution is 2.27. The van der Waals surface area contributed by atoms with Gasteiger partial charge in [-0.05, 0) is 25.0 Å². The summed E-state index contributed by atoms with van der Waals surface area (Å²) >= 11 is 7.21. The van der Waals surface area contributed by atoms with Crippen molar-refractivity contribution in [2.75, 3.05) is 0 Å². The Balaban J connectivity index is 2.35. The van der Waals surface area contributed by atoms with Gasteiger partial charge in [-0.25, -0.2) is 0 Å². The molecule has 14 heavy (non-hydrogen) atoms. The lowest BCUT2D eigenvalue weighted by Crippen LogP contribution is -2.09. The molecule has 1 rings (SSSR count). The van der Waals surface area contributed by atoms with Crippen molar-refractivity contribution in [3.63, 3.8) is 0 Å². The zero-order valence-electron chi connectivity index (χ0n) is 7.57. The maximum atomic E-state index is 10.3. The van der Waals surface area contributed by atoms with Gasteiger partial charge in [0.2, 0.25) is 0 Å². The molecule has 0 radical (unpaired) electrons. The molecule has 0 fully saturated rings. The lowest BCUT2D eigenvalue weighted by atomic mass is 10.1. The van der Waals surface area contributed by atoms with Crippen molar-refractivity contribution in [2.45, 2.75) is 25.3 Å². The van der Waals surface area contributed by atoms with Crippen molar-refractivity contribution in [3.05, 3.63) is 21.3 Å². The molecular weight excluding hydrogens is 222 g/mol. The molecule has 0 aromatic carbocycles. The van der Waals surface area contributed by atoms with E-state index < -0.39 is 5.97 Å². The summed E-state index contributed by atoms with van der Waals surface area (Å²) < 4.78 is 0.716. The zero-order chi connectivity index (χ0) is 10.6. The van der Waals surface area contributed by atoms with E-state index in [1.54, 1.807) is 6.07 Å². The summed E-state index contributed by atoms with van der Waals surface area (Å²) in [5.74, 6) is -0.776. The molecule has 0 saturated heterocycles. The highest BCUT2D eigenvalue weighted by molar-refractivity contribution is 7.16. The summed E-state index contributed by atoms with van der Waals surface area (Å²) in [5.41, 5.74) is 5.85. The van der Waals surface area contributed by atoms with Crippen LogP contribution in [-0.4, -0.2) is 11.1 Å². The first-order valence-electron chi connectivity index (χ1n) is 4.32. The summed E-state index contributed by atoms with van der Waals surface area (Å²) in [5, 5.41) is 8.44. The maximum Gasteiger partial charge on any atom is 0.303 e. The molecule has 3 nitrogen and oxygen atoms in total. The van der Waals surface area contributed by atoms with Crippen LogP contribution in [0.1, 0.15) is 30.2 Å². The number of nitrogens with two attached hydrogens (primary N) is 1. The van der Waals surface area contributed by atoms with Crippen LogP contribution in [0.3, 0.4) is 0 Å². The van der Waals surface area contributed by atoms with Crippen LogP contribution < -0.4 is 5.73 Å². The van der Waals surface area contributed by atoms with Crippen molar-refractivity contribution >= 4 is 28.9 Å². The fourth-order valence-electron chi connectivity index (χ4n) is 1.14. The molecular formula is C9H12ClNO2S. The highest BCUT2D eigenvalue weighted by atomic mass is 35.5. The van der Waals surface area contributed by atoms with Gasteiger partial charge < -0.3 is 10.8 Å². The Kier molecular flexibility index (Phi) is 4.38. The Bertz CT molecular complexity index is 314. The molecule has 0 saturated carbocycles. The summed E-state index contributed by atoms with van der Waals surface area (Å²) in [4.78, 5) is 11.3. The second-order valence-corrected chi connectivity index (χ2v) is 4.78. The summed E-state index contributed by atoms with van der Waals surface area (Å²) in [6.07, 6.45) is 1.46. The monoisotopic (exact) mass is 233 g/mol. The number of hydrogen-bond acceptors (Lipinski definition) is 3. The number of halogens is 1. The van der Waals surface area contributed by atoms with E-state index in [1.807, 2.05) is 6.07 Å². The molecule has 0 amide bonds. The van der Waals surface area contributed by atoms with Crippen LogP contribution in [0.2, 0.25) is 4.34 Å². The van der Waals surface area contributed by atoms with Crippen LogP contribution in [0.25, 0.3) is 0 Å². The largest absolute Gasteiger partial charge is 0.481 e. The minimum absolute atomic E-state index is 0.0909. The van der Waals surface area contributed by atoms with E-state index in [1.165, 1.54) is 11.3 Å². The van der Waals surface area contributed by atoms with Crippen molar-refractivity contribution in [1.82, 2.24) is 0 Å². The number of carbonyl (C=O) groups is 1. The average Bonchev–Trinajstić information content (AvgIpc) is 2.51. The van der Waals surface area contributed by atoms with Crippen LogP contribution >= 0.6 is 22.9 Å². The number of rotatable bonds is 5. The minimum atomic E-state index is -0.776. The first-order chi connectivity index (χ1) is 6.59. The van der Waals surface area contributed by atoms with Gasteiger partial charge in [-0.15, -0.1) is 11.3 Å². The SMILES string of the molecule is NC(CCCC(=O)O)c1ccc(Cl)s1. The van der Waals surface area contributed by atoms with E-state index in [2.05, 4.69) is 0 Å². The molecule has 0 spiro atoms. The number of thiophene rings is 1. The first-order valence-corrected chi connectivity index (χ1v) is 5.51. The second kappa shape index (κ2) is 5.34. The van der Waals surface area contributed by atoms with Gasteiger partial charge in [-0.1, -0.05) is 11.6 Å². The predicted octanol–water partition coefficient (Wildman–Crippen LogP) is 2.66. The molecule has 1 atom stereocenters. The van der Waals surface area contributed by atoms with Gasteiger partial charge in [0, 0.05) is 17.3 Å². The zero-order valence-corrected chi connectivity index (χ0v) is 9.14. The first kappa shape index (κ1) is 11.5. The van der Waals surface area contributed by atoms with E-state index in [0.29, 0.717) is 17.2 Å². The van der Waals surface area contributed by atoms with E-state index >= 15 is 0 Å². The smallest absolute Gasteiger partial charge is 0.303 e. The molecule has 1 aromatic heterocycles. The lowest BCUT2D eigenvalue weighted by Gasteiger charge is -2.07. The third-order valence-electron chi connectivity index (χ3n) is 1.87. The molecule has 78 valence electrons. The van der Waals surface area contributed by atoms with E-state index in [-0.39, 0.29) is 12.5 Å². The second-order valence-electron chi connectivity index (χ2n) is 3.03. The molecule has 1 aromatic rings. The third kappa shape index (κ3) is 3.65. The van der Waals surface area contributed by atoms with E-state index in [9.17, 15) is 4.79 Å². The Hall–Kier alpha value is -0.580. The van der Waals surface area contributed by atoms with Crippen molar-refractivity contribution in [3.8, 4) is 0 Å². The summed E-state index contributed by atoms with van der Waals surface area (Å²) in [6, 6.07) is 3.60. The fourth-order valence-corrected chi connectivity index (χ4v) is 2.24. The molecule has 0 aliphatic heterocycles. The quantitative estimate of drug-likeness (QED) is 0.822. The molecule has 5 heteroatoms. The number of carboxylic acid groups (broad SMARTS) is 1. The molecule has 3 N–H and O–H groups in total. The fraction of sp³-hybridized carbons (Fsp3) is 0.444. The summed E-state index contributed by atoms with van der Waals surface area (Å²) in [6.45, 7) is 0. The Morgan fingerprint density at radius 3 is 2.86 bits per heavy atom. The van der Waals surface area contributed by atoms with Crippen molar-refractivity contribution in [1.29, 1.82) is 0 Å². The molecule has 1 heterocycles. The van der Waals surface area contributed by atoms with Gasteiger partial charge in [0.05, 0.1) is 4.34 Å². The number of carboxylic acids is 1. The normalized spacial score (nSPS) is 12.7. The van der Waals surface area contributed by atoms with E-state index in [0.717, 1.165) is 4.88 Å². The summed E-state index contributed by atoms with van der Waals surface area (Å²) in [7, 11) is 0. The molecule has 0 aliphatic carbocycles. The topological polar surface area (TPSA) is 63.3 Å². The Morgan fingerprint density at radius 2 is 2.36 bits per heavy atom. The average molecular weight is 234 g/mol. The van der Waals surface area contributed by atoms with Gasteiger partial charge in [0.25, 0.3) is 0 Å². The maximum absolute atomic E-state index is 10.3. The van der Waals surface area contributed by atoms with Crippen LogP contribution in [0.4, 0.5) is 0 Å². The molecule has 1 unspecified atom stereocenters. The highest BCUT2D eigenvalue weighted by Gasteiger charge is 2.09. The Morgan fingerprint density at radius 1 is 1.64 bits per heavy atom. The lowest BCUT2D eigenvalue weighted by molar-refractivity contribution is -0.137.